The number of carbonyl (C=O) groups excluding carboxylic acids is 1. The van der Waals surface area contributed by atoms with Gasteiger partial charge in [0, 0.05) is 0 Å². The van der Waals surface area contributed by atoms with Crippen molar-refractivity contribution in [1.29, 1.82) is 0 Å². The monoisotopic (exact) mass is 218 g/mol. The first-order chi connectivity index (χ1) is 7.50. The van der Waals surface area contributed by atoms with E-state index < -0.39 is 5.41 Å². The Bertz CT molecular complexity index is 307. The van der Waals surface area contributed by atoms with Gasteiger partial charge >= 0.3 is 5.97 Å². The number of hydrogen-bond donors (Lipinski definition) is 0. The molecule has 0 heterocycles. The average molecular weight is 218 g/mol. The number of rotatable bonds is 2. The van der Waals surface area contributed by atoms with E-state index in [1.807, 2.05) is 51.1 Å². The van der Waals surface area contributed by atoms with Crippen LogP contribution >= 0.6 is 0 Å². The molecule has 86 valence electrons. The highest BCUT2D eigenvalue weighted by molar-refractivity contribution is 6.08. The van der Waals surface area contributed by atoms with Gasteiger partial charge in [-0.3, -0.25) is 4.79 Å². The molecule has 2 radical (unpaired) electrons. The number of carbonyl (C=O) groups is 1. The van der Waals surface area contributed by atoms with Crippen LogP contribution in [0.15, 0.2) is 30.3 Å². The van der Waals surface area contributed by atoms with Gasteiger partial charge in [0.15, 0.2) is 0 Å². The molecule has 0 aliphatic carbocycles. The lowest BCUT2D eigenvalue weighted by Crippen LogP contribution is -2.29. The summed E-state index contributed by atoms with van der Waals surface area (Å²) in [5.41, 5.74) is 0.414. The number of benzene rings is 1. The summed E-state index contributed by atoms with van der Waals surface area (Å²) in [5, 5.41) is 0. The van der Waals surface area contributed by atoms with E-state index in [0.717, 1.165) is 11.9 Å². The summed E-state index contributed by atoms with van der Waals surface area (Å²) in [7, 11) is 6.26. The highest BCUT2D eigenvalue weighted by Crippen LogP contribution is 2.23. The molecule has 0 saturated heterocycles. The van der Waals surface area contributed by atoms with Gasteiger partial charge in [0.1, 0.15) is 0 Å². The van der Waals surface area contributed by atoms with Crippen LogP contribution < -0.4 is 0 Å². The fourth-order valence-corrected chi connectivity index (χ4v) is 1.23. The van der Waals surface area contributed by atoms with Gasteiger partial charge in [0.05, 0.1) is 20.4 Å². The van der Waals surface area contributed by atoms with E-state index in [2.05, 4.69) is 0 Å². The molecular weight excluding hydrogens is 199 g/mol. The van der Waals surface area contributed by atoms with E-state index >= 15 is 0 Å². The average Bonchev–Trinajstić information content (AvgIpc) is 2.30. The number of hydrogen-bond acceptors (Lipinski definition) is 2. The molecule has 0 aromatic heterocycles. The van der Waals surface area contributed by atoms with Gasteiger partial charge in [0.2, 0.25) is 0 Å². The maximum atomic E-state index is 11.4. The van der Waals surface area contributed by atoms with E-state index in [1.54, 1.807) is 0 Å². The summed E-state index contributed by atoms with van der Waals surface area (Å²) < 4.78 is 4.73. The van der Waals surface area contributed by atoms with Crippen molar-refractivity contribution in [2.75, 3.05) is 7.11 Å². The first kappa shape index (κ1) is 14.8. The molecule has 0 atom stereocenters. The molecule has 0 spiro atoms. The standard InChI is InChI=1S/C11H14O2.C2H5B/c1-11(2,10(12)13-3)9-7-5-4-6-8-9;1-2-3/h4-8H,1-3H3;2H2,1H3. The molecule has 1 aromatic carbocycles. The SMILES string of the molecule is COC(=O)C(C)(C)c1ccccc1.[B]CC. The Hall–Kier alpha value is -1.25. The number of methoxy groups -OCH3 is 1. The van der Waals surface area contributed by atoms with E-state index in [1.165, 1.54) is 7.11 Å². The molecule has 0 N–H and O–H groups in total. The minimum Gasteiger partial charge on any atom is -0.468 e. The molecule has 3 heteroatoms. The minimum absolute atomic E-state index is 0.210. The summed E-state index contributed by atoms with van der Waals surface area (Å²) in [5.74, 6) is -0.210. The van der Waals surface area contributed by atoms with Crippen molar-refractivity contribution in [2.24, 2.45) is 0 Å². The van der Waals surface area contributed by atoms with Crippen LogP contribution in [0.1, 0.15) is 26.3 Å². The highest BCUT2D eigenvalue weighted by Gasteiger charge is 2.30. The number of ether oxygens (including phenoxy) is 1. The van der Waals surface area contributed by atoms with Crippen molar-refractivity contribution < 1.29 is 9.53 Å². The molecule has 0 aliphatic rings. The summed E-state index contributed by atoms with van der Waals surface area (Å²) in [6.45, 7) is 5.61. The van der Waals surface area contributed by atoms with Crippen molar-refractivity contribution in [3.05, 3.63) is 35.9 Å². The van der Waals surface area contributed by atoms with Gasteiger partial charge in [-0.25, -0.2) is 0 Å². The maximum absolute atomic E-state index is 11.4. The Morgan fingerprint density at radius 2 is 1.75 bits per heavy atom. The fraction of sp³-hybridized carbons (Fsp3) is 0.462. The highest BCUT2D eigenvalue weighted by atomic mass is 16.5. The molecule has 16 heavy (non-hydrogen) atoms. The van der Waals surface area contributed by atoms with Crippen LogP contribution in [0, 0.1) is 0 Å². The van der Waals surface area contributed by atoms with Gasteiger partial charge < -0.3 is 4.74 Å². The lowest BCUT2D eigenvalue weighted by Gasteiger charge is -2.21. The Morgan fingerprint density at radius 1 is 1.31 bits per heavy atom. The van der Waals surface area contributed by atoms with Crippen LogP contribution in [0.4, 0.5) is 0 Å². The van der Waals surface area contributed by atoms with Gasteiger partial charge in [-0.05, 0) is 19.4 Å². The predicted octanol–water partition coefficient (Wildman–Crippen LogP) is 2.73. The van der Waals surface area contributed by atoms with E-state index in [9.17, 15) is 4.79 Å². The maximum Gasteiger partial charge on any atom is 0.315 e. The lowest BCUT2D eigenvalue weighted by molar-refractivity contribution is -0.146. The third-order valence-corrected chi connectivity index (χ3v) is 2.19. The van der Waals surface area contributed by atoms with E-state index in [-0.39, 0.29) is 5.97 Å². The molecule has 0 amide bonds. The minimum atomic E-state index is -0.560. The fourth-order valence-electron chi connectivity index (χ4n) is 1.23. The van der Waals surface area contributed by atoms with Crippen LogP contribution in [0.5, 0.6) is 0 Å². The summed E-state index contributed by atoms with van der Waals surface area (Å²) in [6.07, 6.45) is 0.750. The number of esters is 1. The zero-order chi connectivity index (χ0) is 12.6. The molecule has 0 bridgehead atoms. The first-order valence-electron chi connectivity index (χ1n) is 5.34. The molecular formula is C13H19BO2. The van der Waals surface area contributed by atoms with Crippen LogP contribution in [-0.2, 0) is 14.9 Å². The topological polar surface area (TPSA) is 26.3 Å². The predicted molar refractivity (Wildman–Crippen MR) is 67.7 cm³/mol. The van der Waals surface area contributed by atoms with Crippen molar-refractivity contribution in [3.63, 3.8) is 0 Å². The third-order valence-electron chi connectivity index (χ3n) is 2.19. The Morgan fingerprint density at radius 3 is 2.12 bits per heavy atom. The molecule has 2 nitrogen and oxygen atoms in total. The van der Waals surface area contributed by atoms with Crippen molar-refractivity contribution in [2.45, 2.75) is 32.5 Å². The molecule has 0 saturated carbocycles. The van der Waals surface area contributed by atoms with Crippen LogP contribution in [0.3, 0.4) is 0 Å². The Labute approximate surface area is 99.4 Å². The van der Waals surface area contributed by atoms with Crippen molar-refractivity contribution in [1.82, 2.24) is 0 Å². The second-order valence-corrected chi connectivity index (χ2v) is 3.89. The quantitative estimate of drug-likeness (QED) is 0.563. The molecule has 0 unspecified atom stereocenters. The molecule has 0 aliphatic heterocycles. The third kappa shape index (κ3) is 4.09. The summed E-state index contributed by atoms with van der Waals surface area (Å²) in [4.78, 5) is 11.4. The molecule has 1 rings (SSSR count). The van der Waals surface area contributed by atoms with Crippen molar-refractivity contribution in [3.8, 4) is 0 Å². The second kappa shape index (κ2) is 7.10. The smallest absolute Gasteiger partial charge is 0.315 e. The van der Waals surface area contributed by atoms with Gasteiger partial charge in [-0.15, -0.1) is 0 Å². The molecule has 0 fully saturated rings. The summed E-state index contributed by atoms with van der Waals surface area (Å²) >= 11 is 0. The van der Waals surface area contributed by atoms with E-state index in [4.69, 9.17) is 12.6 Å². The normalized spacial score (nSPS) is 10.0. The van der Waals surface area contributed by atoms with E-state index in [0.29, 0.717) is 0 Å². The van der Waals surface area contributed by atoms with Crippen LogP contribution in [-0.4, -0.2) is 20.9 Å². The Balaban J connectivity index is 0.000000673. The lowest BCUT2D eigenvalue weighted by atomic mass is 9.85. The zero-order valence-electron chi connectivity index (χ0n) is 10.5. The van der Waals surface area contributed by atoms with Crippen LogP contribution in [0.25, 0.3) is 0 Å². The van der Waals surface area contributed by atoms with Crippen molar-refractivity contribution >= 4 is 13.8 Å². The van der Waals surface area contributed by atoms with Crippen LogP contribution in [0.2, 0.25) is 6.32 Å². The second-order valence-electron chi connectivity index (χ2n) is 3.89. The van der Waals surface area contributed by atoms with Gasteiger partial charge in [0.25, 0.3) is 0 Å². The Kier molecular flexibility index (Phi) is 6.55. The largest absolute Gasteiger partial charge is 0.468 e. The van der Waals surface area contributed by atoms with Gasteiger partial charge in [-0.2, -0.15) is 0 Å². The first-order valence-corrected chi connectivity index (χ1v) is 5.34. The zero-order valence-corrected chi connectivity index (χ0v) is 10.5. The summed E-state index contributed by atoms with van der Waals surface area (Å²) in [6, 6.07) is 9.62. The molecule has 1 aromatic rings. The van der Waals surface area contributed by atoms with Gasteiger partial charge in [-0.1, -0.05) is 43.6 Å².